The first-order chi connectivity index (χ1) is 14.1. The zero-order valence-electron chi connectivity index (χ0n) is 16.9. The van der Waals surface area contributed by atoms with Gasteiger partial charge in [0.2, 0.25) is 0 Å². The van der Waals surface area contributed by atoms with E-state index in [0.717, 1.165) is 23.6 Å². The van der Waals surface area contributed by atoms with Crippen LogP contribution in [0.2, 0.25) is 0 Å². The second-order valence-electron chi connectivity index (χ2n) is 7.75. The van der Waals surface area contributed by atoms with Crippen molar-refractivity contribution in [1.82, 2.24) is 4.90 Å². The lowest BCUT2D eigenvalue weighted by atomic mass is 9.76. The first kappa shape index (κ1) is 19.3. The van der Waals surface area contributed by atoms with Gasteiger partial charge >= 0.3 is 0 Å². The van der Waals surface area contributed by atoms with E-state index in [4.69, 9.17) is 9.47 Å². The van der Waals surface area contributed by atoms with Gasteiger partial charge in [0.15, 0.2) is 0 Å². The van der Waals surface area contributed by atoms with Gasteiger partial charge in [0.05, 0.1) is 6.61 Å². The quantitative estimate of drug-likeness (QED) is 0.667. The lowest BCUT2D eigenvalue weighted by Crippen LogP contribution is -2.25. The Labute approximate surface area is 172 Å². The Balaban J connectivity index is 1.67. The molecule has 4 heteroatoms. The van der Waals surface area contributed by atoms with E-state index in [1.54, 1.807) is 6.07 Å². The third-order valence-corrected chi connectivity index (χ3v) is 5.42. The minimum Gasteiger partial charge on any atom is -0.508 e. The number of benzene rings is 3. The van der Waals surface area contributed by atoms with Crippen LogP contribution in [0.15, 0.2) is 72.8 Å². The monoisotopic (exact) mass is 389 g/mol. The molecule has 4 nitrogen and oxygen atoms in total. The first-order valence-corrected chi connectivity index (χ1v) is 10.00. The molecule has 1 N–H and O–H groups in total. The highest BCUT2D eigenvalue weighted by molar-refractivity contribution is 5.51. The molecule has 1 aliphatic rings. The molecular formula is C25H27NO3. The van der Waals surface area contributed by atoms with Gasteiger partial charge < -0.3 is 19.5 Å². The molecule has 0 bridgehead atoms. The number of phenols is 1. The number of hydrogen-bond acceptors (Lipinski definition) is 4. The topological polar surface area (TPSA) is 41.9 Å². The Kier molecular flexibility index (Phi) is 5.72. The fourth-order valence-corrected chi connectivity index (χ4v) is 3.92. The number of rotatable bonds is 6. The number of nitrogens with zero attached hydrogens (tertiary/aromatic N) is 1. The second-order valence-corrected chi connectivity index (χ2v) is 7.75. The normalized spacial score (nSPS) is 18.2. The summed E-state index contributed by atoms with van der Waals surface area (Å²) >= 11 is 0. The van der Waals surface area contributed by atoms with E-state index in [1.807, 2.05) is 44.4 Å². The maximum atomic E-state index is 10.1. The number of ether oxygens (including phenoxy) is 2. The largest absolute Gasteiger partial charge is 0.508 e. The number of likely N-dealkylation sites (N-methyl/N-ethyl adjacent to an activating group) is 1. The van der Waals surface area contributed by atoms with E-state index in [1.165, 1.54) is 11.1 Å². The Morgan fingerprint density at radius 1 is 0.966 bits per heavy atom. The van der Waals surface area contributed by atoms with Crippen LogP contribution < -0.4 is 9.47 Å². The van der Waals surface area contributed by atoms with Crippen LogP contribution in [-0.2, 0) is 0 Å². The lowest BCUT2D eigenvalue weighted by Gasteiger charge is -2.34. The molecule has 0 aliphatic carbocycles. The molecule has 1 aliphatic heterocycles. The zero-order valence-corrected chi connectivity index (χ0v) is 16.9. The van der Waals surface area contributed by atoms with Crippen molar-refractivity contribution in [3.05, 3.63) is 89.5 Å². The van der Waals surface area contributed by atoms with Gasteiger partial charge in [-0.15, -0.1) is 0 Å². The third-order valence-electron chi connectivity index (χ3n) is 5.42. The van der Waals surface area contributed by atoms with E-state index in [-0.39, 0.29) is 17.6 Å². The van der Waals surface area contributed by atoms with Crippen LogP contribution in [0.5, 0.6) is 17.2 Å². The SMILES string of the molecule is CN(C)CCOc1ccc([C@H]2c3cc(O)ccc3OC[C@H]2c2ccccc2)cc1. The van der Waals surface area contributed by atoms with Crippen LogP contribution in [0.25, 0.3) is 0 Å². The van der Waals surface area contributed by atoms with Gasteiger partial charge in [-0.05, 0) is 55.6 Å². The van der Waals surface area contributed by atoms with Crippen molar-refractivity contribution < 1.29 is 14.6 Å². The van der Waals surface area contributed by atoms with Gasteiger partial charge in [0, 0.05) is 23.9 Å². The van der Waals surface area contributed by atoms with Gasteiger partial charge in [0.25, 0.3) is 0 Å². The minimum atomic E-state index is 0.101. The van der Waals surface area contributed by atoms with Crippen LogP contribution >= 0.6 is 0 Å². The molecule has 150 valence electrons. The van der Waals surface area contributed by atoms with Crippen LogP contribution in [-0.4, -0.2) is 43.9 Å². The molecule has 0 saturated carbocycles. The van der Waals surface area contributed by atoms with Gasteiger partial charge in [-0.3, -0.25) is 0 Å². The number of phenolic OH excluding ortho intramolecular Hbond substituents is 1. The molecule has 2 atom stereocenters. The summed E-state index contributed by atoms with van der Waals surface area (Å²) in [6.07, 6.45) is 0. The summed E-state index contributed by atoms with van der Waals surface area (Å²) in [4.78, 5) is 2.10. The molecule has 0 fully saturated rings. The summed E-state index contributed by atoms with van der Waals surface area (Å²) in [5.41, 5.74) is 3.44. The van der Waals surface area contributed by atoms with Crippen molar-refractivity contribution in [3.8, 4) is 17.2 Å². The highest BCUT2D eigenvalue weighted by Gasteiger charge is 2.33. The molecule has 0 aromatic heterocycles. The fourth-order valence-electron chi connectivity index (χ4n) is 3.92. The Morgan fingerprint density at radius 3 is 2.45 bits per heavy atom. The maximum absolute atomic E-state index is 10.1. The predicted octanol–water partition coefficient (Wildman–Crippen LogP) is 4.64. The summed E-state index contributed by atoms with van der Waals surface area (Å²) in [6.45, 7) is 2.14. The van der Waals surface area contributed by atoms with Crippen LogP contribution in [0, 0.1) is 0 Å². The summed E-state index contributed by atoms with van der Waals surface area (Å²) in [6, 6.07) is 24.1. The third kappa shape index (κ3) is 4.38. The average Bonchev–Trinajstić information content (AvgIpc) is 2.74. The van der Waals surface area contributed by atoms with E-state index in [0.29, 0.717) is 13.2 Å². The summed E-state index contributed by atoms with van der Waals surface area (Å²) in [5.74, 6) is 2.24. The smallest absolute Gasteiger partial charge is 0.123 e. The zero-order chi connectivity index (χ0) is 20.2. The standard InChI is InChI=1S/C25H27NO3/c1-26(2)14-15-28-21-11-8-19(9-12-21)25-22-16-20(27)10-13-24(22)29-17-23(25)18-6-4-3-5-7-18/h3-13,16,23,25,27H,14-15,17H2,1-2H3/t23-,25-/m0/s1. The molecule has 0 spiro atoms. The van der Waals surface area contributed by atoms with Crippen molar-refractivity contribution >= 4 is 0 Å². The van der Waals surface area contributed by atoms with E-state index < -0.39 is 0 Å². The number of aromatic hydroxyl groups is 1. The molecule has 3 aromatic carbocycles. The molecule has 29 heavy (non-hydrogen) atoms. The molecule has 4 rings (SSSR count). The van der Waals surface area contributed by atoms with E-state index in [9.17, 15) is 5.11 Å². The highest BCUT2D eigenvalue weighted by Crippen LogP contribution is 2.47. The van der Waals surface area contributed by atoms with Crippen molar-refractivity contribution in [3.63, 3.8) is 0 Å². The molecule has 0 saturated heterocycles. The molecule has 1 heterocycles. The van der Waals surface area contributed by atoms with Crippen molar-refractivity contribution in [1.29, 1.82) is 0 Å². The summed E-state index contributed by atoms with van der Waals surface area (Å²) in [5, 5.41) is 10.1. The van der Waals surface area contributed by atoms with Gasteiger partial charge in [-0.2, -0.15) is 0 Å². The average molecular weight is 389 g/mol. The van der Waals surface area contributed by atoms with Gasteiger partial charge in [0.1, 0.15) is 23.9 Å². The fraction of sp³-hybridized carbons (Fsp3) is 0.280. The molecule has 3 aromatic rings. The van der Waals surface area contributed by atoms with Crippen molar-refractivity contribution in [2.24, 2.45) is 0 Å². The van der Waals surface area contributed by atoms with Gasteiger partial charge in [-0.25, -0.2) is 0 Å². The van der Waals surface area contributed by atoms with Crippen LogP contribution in [0.3, 0.4) is 0 Å². The molecule has 0 unspecified atom stereocenters. The Bertz CT molecular complexity index is 938. The van der Waals surface area contributed by atoms with Crippen LogP contribution in [0.4, 0.5) is 0 Å². The highest BCUT2D eigenvalue weighted by atomic mass is 16.5. The van der Waals surface area contributed by atoms with Gasteiger partial charge in [-0.1, -0.05) is 42.5 Å². The van der Waals surface area contributed by atoms with E-state index in [2.05, 4.69) is 41.3 Å². The number of fused-ring (bicyclic) bond motifs is 1. The molecule has 0 radical (unpaired) electrons. The minimum absolute atomic E-state index is 0.101. The first-order valence-electron chi connectivity index (χ1n) is 10.00. The van der Waals surface area contributed by atoms with E-state index >= 15 is 0 Å². The summed E-state index contributed by atoms with van der Waals surface area (Å²) in [7, 11) is 4.07. The summed E-state index contributed by atoms with van der Waals surface area (Å²) < 4.78 is 11.9. The van der Waals surface area contributed by atoms with Crippen molar-refractivity contribution in [2.45, 2.75) is 11.8 Å². The van der Waals surface area contributed by atoms with Crippen LogP contribution in [0.1, 0.15) is 28.5 Å². The molecule has 0 amide bonds. The second kappa shape index (κ2) is 8.58. The Hall–Kier alpha value is -2.98. The maximum Gasteiger partial charge on any atom is 0.123 e. The Morgan fingerprint density at radius 2 is 1.72 bits per heavy atom. The molecular weight excluding hydrogens is 362 g/mol. The lowest BCUT2D eigenvalue weighted by molar-refractivity contribution is 0.248. The van der Waals surface area contributed by atoms with Crippen molar-refractivity contribution in [2.75, 3.05) is 33.9 Å². The number of hydrogen-bond donors (Lipinski definition) is 1. The predicted molar refractivity (Wildman–Crippen MR) is 115 cm³/mol.